The molecule has 1 fully saturated rings. The van der Waals surface area contributed by atoms with E-state index in [4.69, 9.17) is 4.74 Å². The van der Waals surface area contributed by atoms with Crippen LogP contribution in [0.25, 0.3) is 0 Å². The molecule has 1 aromatic heterocycles. The zero-order chi connectivity index (χ0) is 13.8. The van der Waals surface area contributed by atoms with Crippen molar-refractivity contribution in [2.75, 3.05) is 24.6 Å². The van der Waals surface area contributed by atoms with E-state index in [-0.39, 0.29) is 17.7 Å². The fourth-order valence-electron chi connectivity index (χ4n) is 2.23. The monoisotopic (exact) mass is 330 g/mol. The van der Waals surface area contributed by atoms with Gasteiger partial charge in [0.25, 0.3) is 0 Å². The molecule has 1 aliphatic rings. The van der Waals surface area contributed by atoms with E-state index in [0.717, 1.165) is 0 Å². The van der Waals surface area contributed by atoms with Gasteiger partial charge in [0.1, 0.15) is 0 Å². The zero-order valence-corrected chi connectivity index (χ0v) is 12.3. The Morgan fingerprint density at radius 2 is 2.26 bits per heavy atom. The highest BCUT2D eigenvalue weighted by molar-refractivity contribution is 9.10. The van der Waals surface area contributed by atoms with Gasteiger partial charge in [0.05, 0.1) is 12.5 Å². The SMILES string of the molecule is CCOC(=O)C1CCN(c2ncc(Br)cc2F)CC1. The molecule has 0 radical (unpaired) electrons. The van der Waals surface area contributed by atoms with Gasteiger partial charge in [-0.1, -0.05) is 0 Å². The number of halogens is 2. The Balaban J connectivity index is 1.98. The zero-order valence-electron chi connectivity index (χ0n) is 10.7. The summed E-state index contributed by atoms with van der Waals surface area (Å²) in [6.07, 6.45) is 2.93. The quantitative estimate of drug-likeness (QED) is 0.799. The number of anilines is 1. The molecule has 104 valence electrons. The third-order valence-electron chi connectivity index (χ3n) is 3.20. The summed E-state index contributed by atoms with van der Waals surface area (Å²) in [7, 11) is 0. The van der Waals surface area contributed by atoms with Gasteiger partial charge in [-0.05, 0) is 41.8 Å². The molecule has 0 spiro atoms. The summed E-state index contributed by atoms with van der Waals surface area (Å²) in [5.74, 6) is -0.212. The molecule has 0 saturated carbocycles. The Morgan fingerprint density at radius 3 is 2.84 bits per heavy atom. The average molecular weight is 331 g/mol. The molecule has 4 nitrogen and oxygen atoms in total. The molecule has 6 heteroatoms. The molecule has 0 bridgehead atoms. The highest BCUT2D eigenvalue weighted by Gasteiger charge is 2.27. The molecule has 0 aromatic carbocycles. The number of aromatic nitrogens is 1. The number of esters is 1. The molecule has 1 aliphatic heterocycles. The van der Waals surface area contributed by atoms with Gasteiger partial charge in [0, 0.05) is 23.8 Å². The van der Waals surface area contributed by atoms with Gasteiger partial charge in [0.15, 0.2) is 11.6 Å². The van der Waals surface area contributed by atoms with E-state index in [1.807, 2.05) is 4.90 Å². The second-order valence-corrected chi connectivity index (χ2v) is 5.39. The van der Waals surface area contributed by atoms with Gasteiger partial charge < -0.3 is 9.64 Å². The Labute approximate surface area is 120 Å². The summed E-state index contributed by atoms with van der Waals surface area (Å²) in [5.41, 5.74) is 0. The highest BCUT2D eigenvalue weighted by atomic mass is 79.9. The van der Waals surface area contributed by atoms with Crippen LogP contribution in [0.3, 0.4) is 0 Å². The van der Waals surface area contributed by atoms with Crippen LogP contribution >= 0.6 is 15.9 Å². The fourth-order valence-corrected chi connectivity index (χ4v) is 2.53. The van der Waals surface area contributed by atoms with Crippen LogP contribution < -0.4 is 4.90 Å². The van der Waals surface area contributed by atoms with Crippen molar-refractivity contribution < 1.29 is 13.9 Å². The van der Waals surface area contributed by atoms with E-state index in [9.17, 15) is 9.18 Å². The fraction of sp³-hybridized carbons (Fsp3) is 0.538. The summed E-state index contributed by atoms with van der Waals surface area (Å²) >= 11 is 3.18. The smallest absolute Gasteiger partial charge is 0.309 e. The third-order valence-corrected chi connectivity index (χ3v) is 3.64. The predicted octanol–water partition coefficient (Wildman–Crippen LogP) is 2.76. The van der Waals surface area contributed by atoms with Crippen LogP contribution in [0.4, 0.5) is 10.2 Å². The van der Waals surface area contributed by atoms with E-state index in [0.29, 0.717) is 42.8 Å². The number of rotatable bonds is 3. The maximum atomic E-state index is 13.8. The highest BCUT2D eigenvalue weighted by Crippen LogP contribution is 2.26. The lowest BCUT2D eigenvalue weighted by atomic mass is 9.97. The van der Waals surface area contributed by atoms with E-state index in [1.165, 1.54) is 6.07 Å². The summed E-state index contributed by atoms with van der Waals surface area (Å²) < 4.78 is 19.4. The Bertz CT molecular complexity index is 462. The number of carbonyl (C=O) groups excluding carboxylic acids is 1. The topological polar surface area (TPSA) is 42.4 Å². The molecule has 2 rings (SSSR count). The molecule has 2 heterocycles. The summed E-state index contributed by atoms with van der Waals surface area (Å²) in [6, 6.07) is 1.40. The molecule has 1 saturated heterocycles. The average Bonchev–Trinajstić information content (AvgIpc) is 2.39. The minimum Gasteiger partial charge on any atom is -0.466 e. The Hall–Kier alpha value is -1.17. The standard InChI is InChI=1S/C13H16BrFN2O2/c1-2-19-13(18)9-3-5-17(6-4-9)12-11(15)7-10(14)8-16-12/h7-9H,2-6H2,1H3. The summed E-state index contributed by atoms with van der Waals surface area (Å²) in [6.45, 7) is 3.44. The van der Waals surface area contributed by atoms with E-state index >= 15 is 0 Å². The Kier molecular flexibility index (Phi) is 4.74. The van der Waals surface area contributed by atoms with E-state index in [1.54, 1.807) is 13.1 Å². The largest absolute Gasteiger partial charge is 0.466 e. The van der Waals surface area contributed by atoms with Crippen LogP contribution in [0.15, 0.2) is 16.7 Å². The lowest BCUT2D eigenvalue weighted by Crippen LogP contribution is -2.37. The van der Waals surface area contributed by atoms with Gasteiger partial charge in [-0.2, -0.15) is 0 Å². The van der Waals surface area contributed by atoms with Crippen LogP contribution in [0.2, 0.25) is 0 Å². The van der Waals surface area contributed by atoms with Crippen LogP contribution in [0, 0.1) is 11.7 Å². The lowest BCUT2D eigenvalue weighted by Gasteiger charge is -2.31. The van der Waals surface area contributed by atoms with E-state index in [2.05, 4.69) is 20.9 Å². The molecule has 19 heavy (non-hydrogen) atoms. The van der Waals surface area contributed by atoms with Crippen molar-refractivity contribution in [1.29, 1.82) is 0 Å². The molecule has 0 aliphatic carbocycles. The second-order valence-electron chi connectivity index (χ2n) is 4.47. The summed E-state index contributed by atoms with van der Waals surface area (Å²) in [5, 5.41) is 0. The molecular weight excluding hydrogens is 315 g/mol. The second kappa shape index (κ2) is 6.32. The minimum absolute atomic E-state index is 0.0743. The number of ether oxygens (including phenoxy) is 1. The number of hydrogen-bond donors (Lipinski definition) is 0. The molecule has 0 N–H and O–H groups in total. The van der Waals surface area contributed by atoms with Gasteiger partial charge in [0.2, 0.25) is 0 Å². The Morgan fingerprint density at radius 1 is 1.58 bits per heavy atom. The van der Waals surface area contributed by atoms with Crippen molar-refractivity contribution in [3.05, 3.63) is 22.6 Å². The normalized spacial score (nSPS) is 16.5. The van der Waals surface area contributed by atoms with Crippen molar-refractivity contribution >= 4 is 27.7 Å². The van der Waals surface area contributed by atoms with Crippen LogP contribution in [-0.2, 0) is 9.53 Å². The van der Waals surface area contributed by atoms with E-state index < -0.39 is 0 Å². The first-order valence-corrected chi connectivity index (χ1v) is 7.13. The molecule has 0 unspecified atom stereocenters. The minimum atomic E-state index is -0.344. The number of nitrogens with zero attached hydrogens (tertiary/aromatic N) is 2. The number of carbonyl (C=O) groups is 1. The van der Waals surface area contributed by atoms with Crippen LogP contribution in [0.1, 0.15) is 19.8 Å². The first-order valence-electron chi connectivity index (χ1n) is 6.34. The van der Waals surface area contributed by atoms with Crippen molar-refractivity contribution in [3.63, 3.8) is 0 Å². The van der Waals surface area contributed by atoms with Crippen LogP contribution in [0.5, 0.6) is 0 Å². The van der Waals surface area contributed by atoms with Gasteiger partial charge in [-0.15, -0.1) is 0 Å². The number of hydrogen-bond acceptors (Lipinski definition) is 4. The predicted molar refractivity (Wildman–Crippen MR) is 73.5 cm³/mol. The maximum Gasteiger partial charge on any atom is 0.309 e. The number of piperidine rings is 1. The van der Waals surface area contributed by atoms with Gasteiger partial charge in [-0.3, -0.25) is 4.79 Å². The van der Waals surface area contributed by atoms with Crippen LogP contribution in [-0.4, -0.2) is 30.6 Å². The molecule has 0 amide bonds. The first kappa shape index (κ1) is 14.2. The summed E-state index contributed by atoms with van der Waals surface area (Å²) in [4.78, 5) is 17.6. The first-order chi connectivity index (χ1) is 9.11. The van der Waals surface area contributed by atoms with Crippen molar-refractivity contribution in [1.82, 2.24) is 4.98 Å². The van der Waals surface area contributed by atoms with Crippen molar-refractivity contribution in [3.8, 4) is 0 Å². The van der Waals surface area contributed by atoms with Gasteiger partial charge >= 0.3 is 5.97 Å². The maximum absolute atomic E-state index is 13.8. The lowest BCUT2D eigenvalue weighted by molar-refractivity contribution is -0.148. The third kappa shape index (κ3) is 3.43. The molecule has 0 atom stereocenters. The van der Waals surface area contributed by atoms with Gasteiger partial charge in [-0.25, -0.2) is 9.37 Å². The van der Waals surface area contributed by atoms with Crippen molar-refractivity contribution in [2.45, 2.75) is 19.8 Å². The molecule has 1 aromatic rings. The van der Waals surface area contributed by atoms with Crippen molar-refractivity contribution in [2.24, 2.45) is 5.92 Å². The number of pyridine rings is 1. The molecular formula is C13H16BrFN2O2.